The molecule has 0 spiro atoms. The monoisotopic (exact) mass is 239 g/mol. The maximum atomic E-state index is 10.8. The number of hydrogen-bond acceptors (Lipinski definition) is 5. The van der Waals surface area contributed by atoms with E-state index >= 15 is 0 Å². The van der Waals surface area contributed by atoms with E-state index in [1.165, 1.54) is 6.07 Å². The fourth-order valence-corrected chi connectivity index (χ4v) is 1.35. The zero-order valence-corrected chi connectivity index (χ0v) is 8.66. The molecule has 7 heteroatoms. The summed E-state index contributed by atoms with van der Waals surface area (Å²) in [6.07, 6.45) is -0.252. The standard InChI is InChI=1S/C10H9NO6/c12-10(13)6-1-2-8(11(14)15)9(3-6)17-7-4-16-5-7/h1-3,7H,4-5H2,(H,12,13). The molecule has 2 rings (SSSR count). The zero-order valence-electron chi connectivity index (χ0n) is 8.66. The van der Waals surface area contributed by atoms with Crippen molar-refractivity contribution in [1.82, 2.24) is 0 Å². The summed E-state index contributed by atoms with van der Waals surface area (Å²) in [6, 6.07) is 3.45. The maximum absolute atomic E-state index is 10.8. The second-order valence-electron chi connectivity index (χ2n) is 3.52. The first-order valence-corrected chi connectivity index (χ1v) is 4.84. The van der Waals surface area contributed by atoms with Gasteiger partial charge in [0, 0.05) is 12.1 Å². The van der Waals surface area contributed by atoms with Gasteiger partial charge in [-0.05, 0) is 6.07 Å². The number of carboxylic acid groups (broad SMARTS) is 1. The number of rotatable bonds is 4. The number of hydrogen-bond donors (Lipinski definition) is 1. The highest BCUT2D eigenvalue weighted by molar-refractivity contribution is 5.88. The summed E-state index contributed by atoms with van der Waals surface area (Å²) >= 11 is 0. The van der Waals surface area contributed by atoms with Gasteiger partial charge in [0.2, 0.25) is 0 Å². The van der Waals surface area contributed by atoms with Crippen molar-refractivity contribution in [2.45, 2.75) is 6.10 Å². The normalized spacial score (nSPS) is 15.1. The van der Waals surface area contributed by atoms with Crippen molar-refractivity contribution in [3.05, 3.63) is 33.9 Å². The number of nitrogens with zero attached hydrogens (tertiary/aromatic N) is 1. The molecule has 1 heterocycles. The van der Waals surface area contributed by atoms with Crippen molar-refractivity contribution in [1.29, 1.82) is 0 Å². The third kappa shape index (κ3) is 2.34. The molecular formula is C10H9NO6. The Hall–Kier alpha value is -2.15. The zero-order chi connectivity index (χ0) is 12.4. The minimum atomic E-state index is -1.16. The molecular weight excluding hydrogens is 230 g/mol. The van der Waals surface area contributed by atoms with Crippen molar-refractivity contribution < 1.29 is 24.3 Å². The Morgan fingerprint density at radius 2 is 2.24 bits per heavy atom. The van der Waals surface area contributed by atoms with Crippen molar-refractivity contribution in [2.75, 3.05) is 13.2 Å². The Balaban J connectivity index is 2.32. The molecule has 0 saturated carbocycles. The molecule has 17 heavy (non-hydrogen) atoms. The highest BCUT2D eigenvalue weighted by Gasteiger charge is 2.25. The summed E-state index contributed by atoms with van der Waals surface area (Å²) in [5, 5.41) is 19.5. The van der Waals surface area contributed by atoms with E-state index in [-0.39, 0.29) is 23.1 Å². The van der Waals surface area contributed by atoms with Crippen molar-refractivity contribution in [3.63, 3.8) is 0 Å². The minimum Gasteiger partial charge on any atom is -0.479 e. The van der Waals surface area contributed by atoms with Crippen LogP contribution in [-0.4, -0.2) is 35.3 Å². The first-order chi connectivity index (χ1) is 8.08. The lowest BCUT2D eigenvalue weighted by Crippen LogP contribution is -2.38. The lowest BCUT2D eigenvalue weighted by Gasteiger charge is -2.26. The molecule has 0 aromatic heterocycles. The van der Waals surface area contributed by atoms with Gasteiger partial charge < -0.3 is 14.6 Å². The molecule has 0 amide bonds. The van der Waals surface area contributed by atoms with Gasteiger partial charge in [-0.1, -0.05) is 0 Å². The maximum Gasteiger partial charge on any atom is 0.335 e. The van der Waals surface area contributed by atoms with Gasteiger partial charge in [-0.2, -0.15) is 0 Å². The number of nitro benzene ring substituents is 1. The fraction of sp³-hybridized carbons (Fsp3) is 0.300. The molecule has 1 aromatic rings. The molecule has 0 radical (unpaired) electrons. The lowest BCUT2D eigenvalue weighted by molar-refractivity contribution is -0.386. The van der Waals surface area contributed by atoms with Crippen LogP contribution in [0.3, 0.4) is 0 Å². The van der Waals surface area contributed by atoms with Gasteiger partial charge >= 0.3 is 11.7 Å². The number of ether oxygens (including phenoxy) is 2. The topological polar surface area (TPSA) is 98.9 Å². The number of carboxylic acids is 1. The summed E-state index contributed by atoms with van der Waals surface area (Å²) in [7, 11) is 0. The van der Waals surface area contributed by atoms with Crippen LogP contribution in [0.25, 0.3) is 0 Å². The first kappa shape index (κ1) is 11.3. The summed E-state index contributed by atoms with van der Waals surface area (Å²) in [5.41, 5.74) is -0.298. The molecule has 0 unspecified atom stereocenters. The fourth-order valence-electron chi connectivity index (χ4n) is 1.35. The molecule has 1 aromatic carbocycles. The quantitative estimate of drug-likeness (QED) is 0.623. The smallest absolute Gasteiger partial charge is 0.335 e. The SMILES string of the molecule is O=C(O)c1ccc([N+](=O)[O-])c(OC2COC2)c1. The van der Waals surface area contributed by atoms with E-state index in [9.17, 15) is 14.9 Å². The van der Waals surface area contributed by atoms with Gasteiger partial charge in [-0.25, -0.2) is 4.79 Å². The molecule has 1 fully saturated rings. The molecule has 1 N–H and O–H groups in total. The van der Waals surface area contributed by atoms with Gasteiger partial charge in [0.1, 0.15) is 6.10 Å². The van der Waals surface area contributed by atoms with Gasteiger partial charge in [0.25, 0.3) is 0 Å². The van der Waals surface area contributed by atoms with Crippen LogP contribution in [0, 0.1) is 10.1 Å². The minimum absolute atomic E-state index is 0.0387. The van der Waals surface area contributed by atoms with E-state index in [1.807, 2.05) is 0 Å². The van der Waals surface area contributed by atoms with Crippen LogP contribution < -0.4 is 4.74 Å². The molecule has 0 bridgehead atoms. The second kappa shape index (κ2) is 4.38. The third-order valence-electron chi connectivity index (χ3n) is 2.30. The Morgan fingerprint density at radius 3 is 2.71 bits per heavy atom. The van der Waals surface area contributed by atoms with Crippen molar-refractivity contribution in [3.8, 4) is 5.75 Å². The number of carbonyl (C=O) groups is 1. The van der Waals surface area contributed by atoms with Crippen LogP contribution in [0.1, 0.15) is 10.4 Å². The van der Waals surface area contributed by atoms with Crippen LogP contribution in [0.15, 0.2) is 18.2 Å². The van der Waals surface area contributed by atoms with Gasteiger partial charge in [-0.3, -0.25) is 10.1 Å². The van der Waals surface area contributed by atoms with Gasteiger partial charge in [0.15, 0.2) is 5.75 Å². The van der Waals surface area contributed by atoms with E-state index in [0.29, 0.717) is 13.2 Å². The first-order valence-electron chi connectivity index (χ1n) is 4.84. The van der Waals surface area contributed by atoms with Crippen LogP contribution in [-0.2, 0) is 4.74 Å². The van der Waals surface area contributed by atoms with E-state index in [4.69, 9.17) is 14.6 Å². The van der Waals surface area contributed by atoms with E-state index in [0.717, 1.165) is 12.1 Å². The summed E-state index contributed by atoms with van der Waals surface area (Å²) in [4.78, 5) is 20.9. The molecule has 0 aliphatic carbocycles. The number of nitro groups is 1. The van der Waals surface area contributed by atoms with Crippen LogP contribution in [0.5, 0.6) is 5.75 Å². The second-order valence-corrected chi connectivity index (χ2v) is 3.52. The Bertz CT molecular complexity index is 468. The summed E-state index contributed by atoms with van der Waals surface area (Å²) in [6.45, 7) is 0.711. The third-order valence-corrected chi connectivity index (χ3v) is 2.30. The largest absolute Gasteiger partial charge is 0.479 e. The highest BCUT2D eigenvalue weighted by Crippen LogP contribution is 2.29. The molecule has 1 aliphatic heterocycles. The lowest BCUT2D eigenvalue weighted by atomic mass is 10.2. The van der Waals surface area contributed by atoms with E-state index < -0.39 is 10.9 Å². The molecule has 1 saturated heterocycles. The molecule has 0 atom stereocenters. The van der Waals surface area contributed by atoms with E-state index in [2.05, 4.69) is 0 Å². The van der Waals surface area contributed by atoms with Crippen molar-refractivity contribution >= 4 is 11.7 Å². The average molecular weight is 239 g/mol. The van der Waals surface area contributed by atoms with Gasteiger partial charge in [-0.15, -0.1) is 0 Å². The molecule has 90 valence electrons. The highest BCUT2D eigenvalue weighted by atomic mass is 16.6. The predicted octanol–water partition coefficient (Wildman–Crippen LogP) is 1.07. The van der Waals surface area contributed by atoms with E-state index in [1.54, 1.807) is 0 Å². The van der Waals surface area contributed by atoms with Crippen molar-refractivity contribution in [2.24, 2.45) is 0 Å². The Morgan fingerprint density at radius 1 is 1.53 bits per heavy atom. The Kier molecular flexibility index (Phi) is 2.92. The van der Waals surface area contributed by atoms with Gasteiger partial charge in [0.05, 0.1) is 23.7 Å². The summed E-state index contributed by atoms with van der Waals surface area (Å²) in [5.74, 6) is -1.20. The number of benzene rings is 1. The van der Waals surface area contributed by atoms with Crippen LogP contribution >= 0.6 is 0 Å². The summed E-state index contributed by atoms with van der Waals surface area (Å²) < 4.78 is 10.2. The average Bonchev–Trinajstić information content (AvgIpc) is 2.22. The predicted molar refractivity (Wildman–Crippen MR) is 55.3 cm³/mol. The Labute approximate surface area is 95.7 Å². The molecule has 1 aliphatic rings. The molecule has 7 nitrogen and oxygen atoms in total. The van der Waals surface area contributed by atoms with Crippen LogP contribution in [0.2, 0.25) is 0 Å². The van der Waals surface area contributed by atoms with Crippen LogP contribution in [0.4, 0.5) is 5.69 Å². The number of aromatic carboxylic acids is 1.